The highest BCUT2D eigenvalue weighted by Crippen LogP contribution is 2.57. The van der Waals surface area contributed by atoms with Gasteiger partial charge in [-0.1, -0.05) is 12.1 Å². The minimum absolute atomic E-state index is 0.0703. The quantitative estimate of drug-likeness (QED) is 0.867. The number of carbonyl (C=O) groups is 2. The van der Waals surface area contributed by atoms with Crippen LogP contribution in [0.15, 0.2) is 36.5 Å². The molecule has 25 heavy (non-hydrogen) atoms. The lowest BCUT2D eigenvalue weighted by atomic mass is 9.53. The summed E-state index contributed by atoms with van der Waals surface area (Å²) in [4.78, 5) is 29.4. The van der Waals surface area contributed by atoms with Gasteiger partial charge in [-0.05, 0) is 56.7 Å². The third kappa shape index (κ3) is 2.58. The number of anilines is 1. The molecule has 0 aliphatic heterocycles. The van der Waals surface area contributed by atoms with Gasteiger partial charge >= 0.3 is 5.97 Å². The molecule has 1 heterocycles. The van der Waals surface area contributed by atoms with Gasteiger partial charge < -0.3 is 10.1 Å². The number of hydrogen-bond donors (Lipinski definition) is 1. The lowest BCUT2D eigenvalue weighted by Gasteiger charge is -2.50. The molecule has 3 aliphatic carbocycles. The third-order valence-electron chi connectivity index (χ3n) is 6.21. The summed E-state index contributed by atoms with van der Waals surface area (Å²) >= 11 is 0. The summed E-state index contributed by atoms with van der Waals surface area (Å²) in [6.07, 6.45) is 6.23. The van der Waals surface area contributed by atoms with E-state index in [-0.39, 0.29) is 22.7 Å². The van der Waals surface area contributed by atoms with Crippen LogP contribution in [0.2, 0.25) is 0 Å². The first-order chi connectivity index (χ1) is 12.1. The van der Waals surface area contributed by atoms with Crippen molar-refractivity contribution in [2.24, 2.45) is 10.8 Å². The Morgan fingerprint density at radius 1 is 1.04 bits per heavy atom. The first-order valence-electron chi connectivity index (χ1n) is 8.82. The van der Waals surface area contributed by atoms with Gasteiger partial charge in [-0.25, -0.2) is 0 Å². The van der Waals surface area contributed by atoms with Crippen molar-refractivity contribution in [1.29, 1.82) is 0 Å². The van der Waals surface area contributed by atoms with E-state index in [4.69, 9.17) is 4.74 Å². The van der Waals surface area contributed by atoms with Gasteiger partial charge in [0.25, 0.3) is 0 Å². The van der Waals surface area contributed by atoms with Gasteiger partial charge in [-0.3, -0.25) is 14.6 Å². The highest BCUT2D eigenvalue weighted by atomic mass is 16.5. The zero-order valence-corrected chi connectivity index (χ0v) is 14.4. The lowest BCUT2D eigenvalue weighted by molar-refractivity contribution is -0.165. The second-order valence-corrected chi connectivity index (χ2v) is 7.42. The van der Waals surface area contributed by atoms with Crippen LogP contribution in [0, 0.1) is 10.8 Å². The number of fused-ring (bicyclic) bond motifs is 4. The fourth-order valence-corrected chi connectivity index (χ4v) is 4.46. The summed E-state index contributed by atoms with van der Waals surface area (Å²) in [7, 11) is 1.45. The Bertz CT molecular complexity index is 821. The van der Waals surface area contributed by atoms with Gasteiger partial charge in [0.05, 0.1) is 18.0 Å². The third-order valence-corrected chi connectivity index (χ3v) is 6.21. The van der Waals surface area contributed by atoms with Crippen molar-refractivity contribution < 1.29 is 14.3 Å². The van der Waals surface area contributed by atoms with Crippen molar-refractivity contribution in [2.45, 2.75) is 38.5 Å². The zero-order valence-electron chi connectivity index (χ0n) is 14.4. The van der Waals surface area contributed by atoms with Gasteiger partial charge in [0.1, 0.15) is 0 Å². The molecule has 5 heteroatoms. The van der Waals surface area contributed by atoms with Crippen LogP contribution in [-0.4, -0.2) is 24.0 Å². The van der Waals surface area contributed by atoms with E-state index >= 15 is 0 Å². The summed E-state index contributed by atoms with van der Waals surface area (Å²) in [6.45, 7) is 0. The molecule has 2 aromatic rings. The number of pyridine rings is 1. The smallest absolute Gasteiger partial charge is 0.311 e. The number of hydrogen-bond acceptors (Lipinski definition) is 4. The van der Waals surface area contributed by atoms with Crippen LogP contribution >= 0.6 is 0 Å². The van der Waals surface area contributed by atoms with Gasteiger partial charge in [0.15, 0.2) is 0 Å². The average Bonchev–Trinajstić information content (AvgIpc) is 2.68. The normalized spacial score (nSPS) is 27.9. The molecule has 5 nitrogen and oxygen atoms in total. The van der Waals surface area contributed by atoms with Crippen molar-refractivity contribution in [3.8, 4) is 0 Å². The Labute approximate surface area is 146 Å². The number of amides is 1. The second kappa shape index (κ2) is 5.83. The Morgan fingerprint density at radius 2 is 1.72 bits per heavy atom. The summed E-state index contributed by atoms with van der Waals surface area (Å²) in [6, 6.07) is 9.70. The first-order valence-corrected chi connectivity index (χ1v) is 8.82. The molecule has 1 amide bonds. The summed E-state index contributed by atoms with van der Waals surface area (Å²) < 4.78 is 4.99. The molecule has 3 aliphatic rings. The summed E-state index contributed by atoms with van der Waals surface area (Å²) in [5.41, 5.74) is 0.939. The van der Waals surface area contributed by atoms with E-state index in [1.165, 1.54) is 7.11 Å². The Hall–Kier alpha value is -2.43. The first kappa shape index (κ1) is 16.1. The largest absolute Gasteiger partial charge is 0.469 e. The molecule has 5 rings (SSSR count). The molecule has 1 N–H and O–H groups in total. The van der Waals surface area contributed by atoms with Crippen molar-refractivity contribution >= 4 is 28.5 Å². The molecule has 0 spiro atoms. The zero-order chi connectivity index (χ0) is 17.5. The highest BCUT2D eigenvalue weighted by molar-refractivity contribution is 5.97. The number of benzene rings is 1. The number of nitrogens with zero attached hydrogens (tertiary/aromatic N) is 1. The number of methoxy groups -OCH3 is 1. The topological polar surface area (TPSA) is 68.3 Å². The molecule has 0 unspecified atom stereocenters. The fraction of sp³-hybridized carbons (Fsp3) is 0.450. The molecule has 0 atom stereocenters. The number of carbonyl (C=O) groups excluding carboxylic acids is 2. The summed E-state index contributed by atoms with van der Waals surface area (Å²) in [5, 5.41) is 4.13. The number of rotatable bonds is 3. The fourth-order valence-electron chi connectivity index (χ4n) is 4.46. The number of nitrogens with one attached hydrogen (secondary N) is 1. The van der Waals surface area contributed by atoms with E-state index in [0.29, 0.717) is 0 Å². The van der Waals surface area contributed by atoms with E-state index in [0.717, 1.165) is 55.1 Å². The van der Waals surface area contributed by atoms with Crippen molar-refractivity contribution in [3.63, 3.8) is 0 Å². The Kier molecular flexibility index (Phi) is 3.74. The van der Waals surface area contributed by atoms with Crippen molar-refractivity contribution in [1.82, 2.24) is 4.98 Å². The molecule has 0 radical (unpaired) electrons. The monoisotopic (exact) mass is 338 g/mol. The van der Waals surface area contributed by atoms with E-state index in [2.05, 4.69) is 10.3 Å². The van der Waals surface area contributed by atoms with E-state index in [1.807, 2.05) is 30.3 Å². The predicted octanol–water partition coefficient (Wildman–Crippen LogP) is 3.69. The van der Waals surface area contributed by atoms with Gasteiger partial charge in [0, 0.05) is 22.7 Å². The average molecular weight is 338 g/mol. The van der Waals surface area contributed by atoms with Gasteiger partial charge in [-0.15, -0.1) is 0 Å². The molecular weight excluding hydrogens is 316 g/mol. The van der Waals surface area contributed by atoms with Crippen molar-refractivity contribution in [3.05, 3.63) is 36.5 Å². The molecule has 1 aromatic heterocycles. The molecule has 2 bridgehead atoms. The maximum atomic E-state index is 13.0. The molecule has 3 saturated carbocycles. The van der Waals surface area contributed by atoms with Crippen LogP contribution in [0.25, 0.3) is 10.9 Å². The predicted molar refractivity (Wildman–Crippen MR) is 95.0 cm³/mol. The Morgan fingerprint density at radius 3 is 2.40 bits per heavy atom. The van der Waals surface area contributed by atoms with E-state index < -0.39 is 0 Å². The number of aromatic nitrogens is 1. The summed E-state index contributed by atoms with van der Waals surface area (Å²) in [5.74, 6) is -0.0391. The van der Waals surface area contributed by atoms with E-state index in [9.17, 15) is 9.59 Å². The van der Waals surface area contributed by atoms with Crippen molar-refractivity contribution in [2.75, 3.05) is 12.4 Å². The Balaban J connectivity index is 1.51. The standard InChI is InChI=1S/C20H22N2O3/c1-25-18(24)20-9-6-19(7-10-20,8-11-20)17(23)22-15-5-4-14-3-2-12-21-16(14)13-15/h2-5,12-13H,6-11H2,1H3,(H,22,23). The molecule has 3 fully saturated rings. The van der Waals surface area contributed by atoms with Crippen LogP contribution in [0.3, 0.4) is 0 Å². The maximum Gasteiger partial charge on any atom is 0.311 e. The van der Waals surface area contributed by atoms with Crippen LogP contribution in [-0.2, 0) is 14.3 Å². The SMILES string of the molecule is COC(=O)C12CCC(C(=O)Nc3ccc4cccnc4c3)(CC1)CC2. The highest BCUT2D eigenvalue weighted by Gasteiger charge is 2.56. The van der Waals surface area contributed by atoms with Crippen LogP contribution < -0.4 is 5.32 Å². The van der Waals surface area contributed by atoms with Crippen LogP contribution in [0.1, 0.15) is 38.5 Å². The number of esters is 1. The second-order valence-electron chi connectivity index (χ2n) is 7.42. The van der Waals surface area contributed by atoms with E-state index in [1.54, 1.807) is 6.20 Å². The maximum absolute atomic E-state index is 13.0. The minimum atomic E-state index is -0.357. The lowest BCUT2D eigenvalue weighted by Crippen LogP contribution is -2.51. The van der Waals surface area contributed by atoms with Gasteiger partial charge in [-0.2, -0.15) is 0 Å². The molecule has 130 valence electrons. The van der Waals surface area contributed by atoms with Crippen LogP contribution in [0.4, 0.5) is 5.69 Å². The molecule has 1 aromatic carbocycles. The van der Waals surface area contributed by atoms with Gasteiger partial charge in [0.2, 0.25) is 5.91 Å². The molecule has 0 saturated heterocycles. The number of ether oxygens (including phenoxy) is 1. The van der Waals surface area contributed by atoms with Crippen LogP contribution in [0.5, 0.6) is 0 Å². The molecular formula is C20H22N2O3. The minimum Gasteiger partial charge on any atom is -0.469 e.